The van der Waals surface area contributed by atoms with Gasteiger partial charge in [0.15, 0.2) is 19.9 Å². The molecule has 0 saturated heterocycles. The fourth-order valence-corrected chi connectivity index (χ4v) is 5.64. The molecule has 0 amide bonds. The maximum atomic E-state index is 12.9. The molecule has 6 heteroatoms. The lowest BCUT2D eigenvalue weighted by molar-refractivity contribution is -0.118. The molecule has 0 radical (unpaired) electrons. The minimum absolute atomic E-state index is 0.0621. The highest BCUT2D eigenvalue weighted by Crippen LogP contribution is 2.43. The highest BCUT2D eigenvalue weighted by Gasteiger charge is 2.49. The summed E-state index contributed by atoms with van der Waals surface area (Å²) in [5.41, 5.74) is 1.23. The summed E-state index contributed by atoms with van der Waals surface area (Å²) in [6.45, 7) is 11.1. The van der Waals surface area contributed by atoms with Crippen LogP contribution in [0.25, 0.3) is 0 Å². The van der Waals surface area contributed by atoms with Crippen molar-refractivity contribution in [2.24, 2.45) is 5.92 Å². The summed E-state index contributed by atoms with van der Waals surface area (Å²) in [6.07, 6.45) is 1.13. The van der Waals surface area contributed by atoms with Crippen LogP contribution in [0.4, 0.5) is 0 Å². The van der Waals surface area contributed by atoms with Crippen LogP contribution in [0.2, 0.25) is 18.1 Å². The average Bonchev–Trinajstić information content (AvgIpc) is 2.97. The SMILES string of the molecule is CC(C)(C)[Si](C)(C)O[C@H]1C(SOOc2ccccc2)C(=O)C[C@H]1Cc1ccccc1. The molecule has 2 aromatic rings. The van der Waals surface area contributed by atoms with Crippen LogP contribution in [-0.2, 0) is 20.0 Å². The zero-order valence-electron chi connectivity index (χ0n) is 18.5. The van der Waals surface area contributed by atoms with Gasteiger partial charge in [-0.25, -0.2) is 0 Å². The molecular formula is C24H32O4SSi. The summed E-state index contributed by atoms with van der Waals surface area (Å²) < 4.78 is 12.2. The highest BCUT2D eigenvalue weighted by atomic mass is 32.2. The molecule has 30 heavy (non-hydrogen) atoms. The topological polar surface area (TPSA) is 44.8 Å². The quantitative estimate of drug-likeness (QED) is 0.209. The van der Waals surface area contributed by atoms with Gasteiger partial charge >= 0.3 is 0 Å². The van der Waals surface area contributed by atoms with E-state index < -0.39 is 13.6 Å². The Morgan fingerprint density at radius 2 is 1.60 bits per heavy atom. The minimum atomic E-state index is -2.07. The van der Waals surface area contributed by atoms with Crippen molar-refractivity contribution in [2.45, 2.75) is 63.1 Å². The molecule has 3 atom stereocenters. The van der Waals surface area contributed by atoms with E-state index in [4.69, 9.17) is 13.6 Å². The molecule has 0 heterocycles. The maximum Gasteiger partial charge on any atom is 0.192 e. The fourth-order valence-electron chi connectivity index (χ4n) is 3.39. The normalized spacial score (nSPS) is 22.3. The van der Waals surface area contributed by atoms with Gasteiger partial charge in [-0.15, -0.1) is 4.33 Å². The third-order valence-electron chi connectivity index (χ3n) is 6.14. The van der Waals surface area contributed by atoms with E-state index in [1.54, 1.807) is 0 Å². The number of para-hydroxylation sites is 1. The van der Waals surface area contributed by atoms with Gasteiger partial charge in [-0.05, 0) is 48.2 Å². The van der Waals surface area contributed by atoms with Crippen molar-refractivity contribution in [1.29, 1.82) is 0 Å². The lowest BCUT2D eigenvalue weighted by Crippen LogP contribution is -2.47. The monoisotopic (exact) mass is 444 g/mol. The van der Waals surface area contributed by atoms with E-state index in [1.807, 2.05) is 48.5 Å². The number of hydrogen-bond acceptors (Lipinski definition) is 5. The van der Waals surface area contributed by atoms with Crippen LogP contribution in [0.3, 0.4) is 0 Å². The third-order valence-corrected chi connectivity index (χ3v) is 11.5. The van der Waals surface area contributed by atoms with E-state index in [0.29, 0.717) is 12.2 Å². The van der Waals surface area contributed by atoms with Gasteiger partial charge < -0.3 is 9.31 Å². The first kappa shape index (κ1) is 23.1. The van der Waals surface area contributed by atoms with Gasteiger partial charge in [0.1, 0.15) is 5.25 Å². The van der Waals surface area contributed by atoms with Crippen LogP contribution >= 0.6 is 12.0 Å². The van der Waals surface area contributed by atoms with Crippen molar-refractivity contribution < 1.29 is 18.4 Å². The van der Waals surface area contributed by atoms with Crippen molar-refractivity contribution in [1.82, 2.24) is 0 Å². The first-order valence-electron chi connectivity index (χ1n) is 10.5. The molecule has 1 fully saturated rings. The number of Topliss-reactive ketones (excluding diaryl/α,β-unsaturated/α-hetero) is 1. The van der Waals surface area contributed by atoms with Crippen molar-refractivity contribution in [3.63, 3.8) is 0 Å². The Labute approximate surface area is 185 Å². The fraction of sp³-hybridized carbons (Fsp3) is 0.458. The average molecular weight is 445 g/mol. The van der Waals surface area contributed by atoms with E-state index in [1.165, 1.54) is 5.56 Å². The standard InChI is InChI=1S/C24H32O4SSi/c1-24(2,3)30(4,5)27-22-19(16-18-12-8-6-9-13-18)17-21(25)23(22)29-28-26-20-14-10-7-11-15-20/h6-15,19,22-23H,16-17H2,1-5H3/t19-,22-,23?/m1/s1. The minimum Gasteiger partial charge on any atom is -0.412 e. The molecule has 1 saturated carbocycles. The van der Waals surface area contributed by atoms with Gasteiger partial charge in [-0.2, -0.15) is 0 Å². The predicted molar refractivity (Wildman–Crippen MR) is 125 cm³/mol. The number of carbonyl (C=O) groups is 1. The summed E-state index contributed by atoms with van der Waals surface area (Å²) >= 11 is 1.09. The van der Waals surface area contributed by atoms with Crippen LogP contribution in [0.1, 0.15) is 32.8 Å². The Morgan fingerprint density at radius 1 is 1.00 bits per heavy atom. The van der Waals surface area contributed by atoms with Crippen LogP contribution < -0.4 is 4.89 Å². The lowest BCUT2D eigenvalue weighted by Gasteiger charge is -2.40. The summed E-state index contributed by atoms with van der Waals surface area (Å²) in [5.74, 6) is 0.909. The number of ketones is 1. The zero-order chi connectivity index (χ0) is 21.8. The Bertz CT molecular complexity index is 820. The molecule has 0 aromatic heterocycles. The summed E-state index contributed by atoms with van der Waals surface area (Å²) in [4.78, 5) is 18.3. The molecule has 3 rings (SSSR count). The number of hydrogen-bond donors (Lipinski definition) is 0. The largest absolute Gasteiger partial charge is 0.412 e. The van der Waals surface area contributed by atoms with Crippen molar-refractivity contribution >= 4 is 26.1 Å². The number of carbonyl (C=O) groups excluding carboxylic acids is 1. The molecule has 4 nitrogen and oxygen atoms in total. The van der Waals surface area contributed by atoms with E-state index in [0.717, 1.165) is 18.5 Å². The van der Waals surface area contributed by atoms with Crippen LogP contribution in [0.15, 0.2) is 60.7 Å². The molecular weight excluding hydrogens is 412 g/mol. The smallest absolute Gasteiger partial charge is 0.192 e. The van der Waals surface area contributed by atoms with Crippen LogP contribution in [-0.4, -0.2) is 25.5 Å². The molecule has 1 aliphatic rings. The van der Waals surface area contributed by atoms with Gasteiger partial charge in [0.25, 0.3) is 0 Å². The van der Waals surface area contributed by atoms with Crippen molar-refractivity contribution in [2.75, 3.05) is 0 Å². The van der Waals surface area contributed by atoms with E-state index in [-0.39, 0.29) is 22.8 Å². The van der Waals surface area contributed by atoms with Crippen LogP contribution in [0, 0.1) is 5.92 Å². The number of rotatable bonds is 8. The molecule has 2 aromatic carbocycles. The molecule has 0 bridgehead atoms. The van der Waals surface area contributed by atoms with Crippen molar-refractivity contribution in [3.05, 3.63) is 66.2 Å². The third kappa shape index (κ3) is 5.75. The van der Waals surface area contributed by atoms with E-state index in [9.17, 15) is 4.79 Å². The number of benzene rings is 2. The summed E-state index contributed by atoms with van der Waals surface area (Å²) in [5, 5.41) is -0.330. The molecule has 1 aliphatic carbocycles. The van der Waals surface area contributed by atoms with Gasteiger partial charge in [0.2, 0.25) is 0 Å². The van der Waals surface area contributed by atoms with Gasteiger partial charge in [0.05, 0.1) is 18.1 Å². The van der Waals surface area contributed by atoms with Crippen molar-refractivity contribution in [3.8, 4) is 5.75 Å². The van der Waals surface area contributed by atoms with E-state index >= 15 is 0 Å². The molecule has 162 valence electrons. The maximum absolute atomic E-state index is 12.9. The molecule has 0 N–H and O–H groups in total. The zero-order valence-corrected chi connectivity index (χ0v) is 20.3. The second-order valence-corrected chi connectivity index (χ2v) is 15.0. The van der Waals surface area contributed by atoms with Gasteiger partial charge in [0, 0.05) is 6.42 Å². The molecule has 0 aliphatic heterocycles. The summed E-state index contributed by atoms with van der Waals surface area (Å²) in [6, 6.07) is 19.6. The van der Waals surface area contributed by atoms with Gasteiger partial charge in [-0.1, -0.05) is 69.3 Å². The second-order valence-electron chi connectivity index (χ2n) is 9.44. The van der Waals surface area contributed by atoms with Gasteiger partial charge in [-0.3, -0.25) is 4.79 Å². The molecule has 0 spiro atoms. The van der Waals surface area contributed by atoms with Crippen LogP contribution in [0.5, 0.6) is 5.75 Å². The predicted octanol–water partition coefficient (Wildman–Crippen LogP) is 6.24. The Kier molecular flexibility index (Phi) is 7.45. The Hall–Kier alpha value is -1.60. The Balaban J connectivity index is 1.75. The van der Waals surface area contributed by atoms with E-state index in [2.05, 4.69) is 46.0 Å². The second kappa shape index (κ2) is 9.69. The summed E-state index contributed by atoms with van der Waals surface area (Å²) in [7, 11) is -2.07. The first-order valence-corrected chi connectivity index (χ1v) is 14.2. The Morgan fingerprint density at radius 3 is 2.20 bits per heavy atom. The molecule has 1 unspecified atom stereocenters. The first-order chi connectivity index (χ1) is 14.2. The highest BCUT2D eigenvalue weighted by molar-refractivity contribution is 7.96. The lowest BCUT2D eigenvalue weighted by atomic mass is 9.96.